The van der Waals surface area contributed by atoms with Crippen LogP contribution in [0.3, 0.4) is 0 Å². The van der Waals surface area contributed by atoms with E-state index in [1.54, 1.807) is 0 Å². The van der Waals surface area contributed by atoms with Gasteiger partial charge >= 0.3 is 0 Å². The van der Waals surface area contributed by atoms with E-state index in [-0.39, 0.29) is 5.56 Å². The Morgan fingerprint density at radius 1 is 1.06 bits per heavy atom. The Hall–Kier alpha value is 0.250. The second-order valence-corrected chi connectivity index (χ2v) is 6.85. The summed E-state index contributed by atoms with van der Waals surface area (Å²) in [5.41, 5.74) is -0.0794. The van der Waals surface area contributed by atoms with E-state index in [2.05, 4.69) is 13.8 Å². The molecule has 3 rings (SSSR count). The molecule has 0 N–H and O–H groups in total. The topological polar surface area (TPSA) is 9.23 Å². The minimum atomic E-state index is -0.0794. The summed E-state index contributed by atoms with van der Waals surface area (Å²) in [4.78, 5) is 0. The molecule has 3 aliphatic rings. The normalized spacial score (nSPS) is 47.6. The molecular formula is C14H23ClO. The fourth-order valence-electron chi connectivity index (χ4n) is 4.49. The predicted octanol–water partition coefficient (Wildman–Crippen LogP) is 4.05. The van der Waals surface area contributed by atoms with E-state index in [0.29, 0.717) is 12.0 Å². The zero-order valence-electron chi connectivity index (χ0n) is 10.4. The first-order chi connectivity index (χ1) is 7.66. The number of halogens is 1. The predicted molar refractivity (Wildman–Crippen MR) is 66.4 cm³/mol. The minimum absolute atomic E-state index is 0.0794. The lowest BCUT2D eigenvalue weighted by atomic mass is 9.80. The molecule has 2 bridgehead atoms. The van der Waals surface area contributed by atoms with Crippen LogP contribution in [0.25, 0.3) is 0 Å². The maximum atomic E-state index is 6.25. The van der Waals surface area contributed by atoms with E-state index >= 15 is 0 Å². The molecule has 92 valence electrons. The quantitative estimate of drug-likeness (QED) is 0.679. The molecule has 6 atom stereocenters. The van der Waals surface area contributed by atoms with Crippen LogP contribution in [0.2, 0.25) is 0 Å². The Morgan fingerprint density at radius 2 is 1.81 bits per heavy atom. The Labute approximate surface area is 104 Å². The Bertz CT molecular complexity index is 265. The van der Waals surface area contributed by atoms with E-state index in [4.69, 9.17) is 16.3 Å². The second kappa shape index (κ2) is 4.17. The van der Waals surface area contributed by atoms with Crippen molar-refractivity contribution in [2.45, 2.75) is 57.6 Å². The van der Waals surface area contributed by atoms with Gasteiger partial charge in [-0.3, -0.25) is 0 Å². The summed E-state index contributed by atoms with van der Waals surface area (Å²) in [7, 11) is 0. The minimum Gasteiger partial charge on any atom is -0.359 e. The summed E-state index contributed by atoms with van der Waals surface area (Å²) in [5, 5.41) is 0. The van der Waals surface area contributed by atoms with Gasteiger partial charge in [-0.05, 0) is 55.3 Å². The molecule has 2 heteroatoms. The van der Waals surface area contributed by atoms with Crippen LogP contribution in [0.5, 0.6) is 0 Å². The molecule has 3 aliphatic carbocycles. The zero-order valence-corrected chi connectivity index (χ0v) is 11.1. The van der Waals surface area contributed by atoms with Gasteiger partial charge in [0.1, 0.15) is 5.56 Å². The molecular weight excluding hydrogens is 220 g/mol. The molecule has 0 radical (unpaired) electrons. The van der Waals surface area contributed by atoms with Crippen LogP contribution >= 0.6 is 11.6 Å². The van der Waals surface area contributed by atoms with Crippen molar-refractivity contribution < 1.29 is 4.74 Å². The smallest absolute Gasteiger partial charge is 0.133 e. The van der Waals surface area contributed by atoms with Crippen molar-refractivity contribution in [3.8, 4) is 0 Å². The lowest BCUT2D eigenvalue weighted by molar-refractivity contribution is -0.0404. The van der Waals surface area contributed by atoms with Gasteiger partial charge in [0.2, 0.25) is 0 Å². The molecule has 0 aromatic heterocycles. The van der Waals surface area contributed by atoms with Crippen LogP contribution in [0, 0.1) is 29.6 Å². The van der Waals surface area contributed by atoms with E-state index in [1.165, 1.54) is 32.1 Å². The van der Waals surface area contributed by atoms with Crippen LogP contribution < -0.4 is 0 Å². The van der Waals surface area contributed by atoms with Gasteiger partial charge in [0.25, 0.3) is 0 Å². The van der Waals surface area contributed by atoms with Gasteiger partial charge in [0.15, 0.2) is 0 Å². The van der Waals surface area contributed by atoms with Gasteiger partial charge in [0, 0.05) is 0 Å². The fourth-order valence-corrected chi connectivity index (χ4v) is 4.62. The number of hydrogen-bond donors (Lipinski definition) is 0. The molecule has 0 aromatic carbocycles. The highest BCUT2D eigenvalue weighted by Crippen LogP contribution is 2.59. The Kier molecular flexibility index (Phi) is 2.96. The monoisotopic (exact) mass is 242 g/mol. The van der Waals surface area contributed by atoms with Crippen molar-refractivity contribution >= 4 is 11.6 Å². The number of rotatable bonds is 3. The second-order valence-electron chi connectivity index (χ2n) is 6.42. The van der Waals surface area contributed by atoms with E-state index in [0.717, 1.165) is 23.7 Å². The maximum absolute atomic E-state index is 6.25. The molecule has 6 unspecified atom stereocenters. The van der Waals surface area contributed by atoms with Gasteiger partial charge in [-0.15, -0.1) is 0 Å². The third kappa shape index (κ3) is 1.71. The van der Waals surface area contributed by atoms with Crippen LogP contribution in [0.4, 0.5) is 0 Å². The van der Waals surface area contributed by atoms with Crippen molar-refractivity contribution in [3.63, 3.8) is 0 Å². The highest BCUT2D eigenvalue weighted by Gasteiger charge is 2.54. The summed E-state index contributed by atoms with van der Waals surface area (Å²) in [5.74, 6) is 4.29. The highest BCUT2D eigenvalue weighted by molar-refractivity contribution is 6.19. The standard InChI is InChI=1S/C14H23ClO/c1-8(2)14(15)16-13-7-9-6-12(13)11-5-3-4-10(9)11/h8-14H,3-7H2,1-2H3. The SMILES string of the molecule is CC(C)C(Cl)OC1CC2CC1C1CCCC21. The zero-order chi connectivity index (χ0) is 11.3. The number of ether oxygens (including phenoxy) is 1. The summed E-state index contributed by atoms with van der Waals surface area (Å²) in [6.45, 7) is 4.28. The lowest BCUT2D eigenvalue weighted by Gasteiger charge is -2.33. The summed E-state index contributed by atoms with van der Waals surface area (Å²) < 4.78 is 6.08. The van der Waals surface area contributed by atoms with Crippen molar-refractivity contribution in [1.82, 2.24) is 0 Å². The van der Waals surface area contributed by atoms with E-state index in [9.17, 15) is 0 Å². The van der Waals surface area contributed by atoms with Crippen molar-refractivity contribution in [1.29, 1.82) is 0 Å². The lowest BCUT2D eigenvalue weighted by Crippen LogP contribution is -2.33. The number of alkyl halides is 1. The first-order valence-electron chi connectivity index (χ1n) is 6.96. The number of hydrogen-bond acceptors (Lipinski definition) is 1. The average molecular weight is 243 g/mol. The maximum Gasteiger partial charge on any atom is 0.133 e. The van der Waals surface area contributed by atoms with Crippen molar-refractivity contribution in [2.75, 3.05) is 0 Å². The van der Waals surface area contributed by atoms with Gasteiger partial charge in [-0.1, -0.05) is 31.9 Å². The molecule has 1 nitrogen and oxygen atoms in total. The van der Waals surface area contributed by atoms with Gasteiger partial charge in [-0.2, -0.15) is 0 Å². The Morgan fingerprint density at radius 3 is 2.56 bits per heavy atom. The summed E-state index contributed by atoms with van der Waals surface area (Å²) >= 11 is 6.25. The fraction of sp³-hybridized carbons (Fsp3) is 1.00. The molecule has 3 fully saturated rings. The van der Waals surface area contributed by atoms with Crippen molar-refractivity contribution in [3.05, 3.63) is 0 Å². The largest absolute Gasteiger partial charge is 0.359 e. The molecule has 0 saturated heterocycles. The van der Waals surface area contributed by atoms with Crippen LogP contribution in [-0.2, 0) is 4.74 Å². The summed E-state index contributed by atoms with van der Waals surface area (Å²) in [6.07, 6.45) is 7.62. The van der Waals surface area contributed by atoms with Crippen LogP contribution in [-0.4, -0.2) is 11.7 Å². The first-order valence-corrected chi connectivity index (χ1v) is 7.40. The number of fused-ring (bicyclic) bond motifs is 5. The first kappa shape index (κ1) is 11.3. The van der Waals surface area contributed by atoms with Gasteiger partial charge < -0.3 is 4.74 Å². The van der Waals surface area contributed by atoms with Gasteiger partial charge in [0.05, 0.1) is 6.10 Å². The molecule has 0 spiro atoms. The van der Waals surface area contributed by atoms with E-state index < -0.39 is 0 Å². The van der Waals surface area contributed by atoms with Crippen LogP contribution in [0.15, 0.2) is 0 Å². The molecule has 16 heavy (non-hydrogen) atoms. The van der Waals surface area contributed by atoms with E-state index in [1.807, 2.05) is 0 Å². The molecule has 0 heterocycles. The van der Waals surface area contributed by atoms with Gasteiger partial charge in [-0.25, -0.2) is 0 Å². The van der Waals surface area contributed by atoms with Crippen molar-refractivity contribution in [2.24, 2.45) is 29.6 Å². The molecule has 0 amide bonds. The molecule has 3 saturated carbocycles. The Balaban J connectivity index is 1.63. The molecule has 0 aromatic rings. The molecule has 0 aliphatic heterocycles. The highest BCUT2D eigenvalue weighted by atomic mass is 35.5. The third-order valence-electron chi connectivity index (χ3n) is 5.20. The average Bonchev–Trinajstić information content (AvgIpc) is 2.87. The summed E-state index contributed by atoms with van der Waals surface area (Å²) in [6, 6.07) is 0. The third-order valence-corrected chi connectivity index (χ3v) is 5.80. The van der Waals surface area contributed by atoms with Crippen LogP contribution in [0.1, 0.15) is 46.0 Å².